The van der Waals surface area contributed by atoms with Gasteiger partial charge in [-0.05, 0) is 36.4 Å². The first-order valence-electron chi connectivity index (χ1n) is 9.40. The maximum absolute atomic E-state index is 13.6. The zero-order valence-electron chi connectivity index (χ0n) is 16.1. The maximum atomic E-state index is 13.6. The van der Waals surface area contributed by atoms with Gasteiger partial charge in [0.15, 0.2) is 17.5 Å². The van der Waals surface area contributed by atoms with Gasteiger partial charge < -0.3 is 24.8 Å². The third kappa shape index (κ3) is 4.30. The minimum atomic E-state index is -1.62. The maximum Gasteiger partial charge on any atom is 0.228 e. The van der Waals surface area contributed by atoms with Crippen molar-refractivity contribution in [3.05, 3.63) is 65.1 Å². The molecular formula is C20H17ClF3N3O5. The van der Waals surface area contributed by atoms with E-state index >= 15 is 0 Å². The molecule has 3 aromatic rings. The summed E-state index contributed by atoms with van der Waals surface area (Å²) in [7, 11) is 0. The molecule has 2 aromatic carbocycles. The molecule has 1 aliphatic heterocycles. The summed E-state index contributed by atoms with van der Waals surface area (Å²) >= 11 is 5.84. The standard InChI is InChI=1S/C20H17ClF3N3O5/c21-10-1-3-11(4-2-10)31-20-19(30)17(18(29)15(8-28)32-20)27-7-14(25-26-27)9-5-12(22)16(24)13(23)6-9/h1-7,15,17-20,28-30H,8H2/t15?,17?,18-,19+,20-/m0/s1. The van der Waals surface area contributed by atoms with Gasteiger partial charge in [-0.1, -0.05) is 16.8 Å². The Morgan fingerprint density at radius 2 is 1.72 bits per heavy atom. The molecule has 1 saturated heterocycles. The zero-order valence-corrected chi connectivity index (χ0v) is 16.9. The molecule has 0 aliphatic carbocycles. The molecule has 1 fully saturated rings. The van der Waals surface area contributed by atoms with Gasteiger partial charge in [0.25, 0.3) is 0 Å². The number of hydrogen-bond acceptors (Lipinski definition) is 7. The molecule has 5 atom stereocenters. The molecule has 0 amide bonds. The van der Waals surface area contributed by atoms with E-state index in [1.165, 1.54) is 18.3 Å². The second kappa shape index (κ2) is 9.04. The lowest BCUT2D eigenvalue weighted by molar-refractivity contribution is -0.260. The topological polar surface area (TPSA) is 110 Å². The fourth-order valence-electron chi connectivity index (χ4n) is 3.38. The summed E-state index contributed by atoms with van der Waals surface area (Å²) in [4.78, 5) is 0. The summed E-state index contributed by atoms with van der Waals surface area (Å²) in [5, 5.41) is 39.1. The second-order valence-electron chi connectivity index (χ2n) is 7.11. The summed E-state index contributed by atoms with van der Waals surface area (Å²) < 4.78 is 52.6. The molecule has 0 radical (unpaired) electrons. The molecule has 32 heavy (non-hydrogen) atoms. The summed E-state index contributed by atoms with van der Waals surface area (Å²) in [5.74, 6) is -4.12. The van der Waals surface area contributed by atoms with Crippen LogP contribution in [0.5, 0.6) is 5.75 Å². The third-order valence-corrected chi connectivity index (χ3v) is 5.26. The Bertz CT molecular complexity index is 1080. The largest absolute Gasteiger partial charge is 0.462 e. The SMILES string of the molecule is OCC1O[C@H](Oc2ccc(Cl)cc2)[C@H](O)C(n2cc(-c3cc(F)c(F)c(F)c3)nn2)[C@H]1O. The van der Waals surface area contributed by atoms with Crippen molar-refractivity contribution < 1.29 is 38.0 Å². The van der Waals surface area contributed by atoms with Gasteiger partial charge in [-0.25, -0.2) is 17.9 Å². The Hall–Kier alpha value is -2.70. The van der Waals surface area contributed by atoms with Crippen LogP contribution in [0, 0.1) is 17.5 Å². The number of aliphatic hydroxyl groups is 3. The average Bonchev–Trinajstić information content (AvgIpc) is 3.25. The highest BCUT2D eigenvalue weighted by Crippen LogP contribution is 2.32. The molecule has 3 N–H and O–H groups in total. The fraction of sp³-hybridized carbons (Fsp3) is 0.300. The van der Waals surface area contributed by atoms with Crippen molar-refractivity contribution in [2.75, 3.05) is 6.61 Å². The summed E-state index contributed by atoms with van der Waals surface area (Å²) in [6.07, 6.45) is -4.16. The average molecular weight is 472 g/mol. The quantitative estimate of drug-likeness (QED) is 0.489. The predicted octanol–water partition coefficient (Wildman–Crippen LogP) is 2.07. The molecule has 12 heteroatoms. The van der Waals surface area contributed by atoms with E-state index in [0.29, 0.717) is 10.8 Å². The van der Waals surface area contributed by atoms with E-state index in [1.54, 1.807) is 12.1 Å². The Morgan fingerprint density at radius 1 is 1.06 bits per heavy atom. The van der Waals surface area contributed by atoms with E-state index in [0.717, 1.165) is 16.8 Å². The molecule has 2 heterocycles. The Balaban J connectivity index is 1.63. The van der Waals surface area contributed by atoms with Crippen LogP contribution in [-0.4, -0.2) is 61.5 Å². The lowest BCUT2D eigenvalue weighted by Gasteiger charge is -2.41. The normalized spacial score (nSPS) is 25.7. The van der Waals surface area contributed by atoms with Gasteiger partial charge in [0.2, 0.25) is 6.29 Å². The molecular weight excluding hydrogens is 455 g/mol. The molecule has 2 unspecified atom stereocenters. The third-order valence-electron chi connectivity index (χ3n) is 5.01. The number of nitrogens with zero attached hydrogens (tertiary/aromatic N) is 3. The number of hydrogen-bond donors (Lipinski definition) is 3. The van der Waals surface area contributed by atoms with Crippen LogP contribution in [0.2, 0.25) is 5.02 Å². The second-order valence-corrected chi connectivity index (χ2v) is 7.54. The van der Waals surface area contributed by atoms with E-state index < -0.39 is 54.7 Å². The van der Waals surface area contributed by atoms with Crippen LogP contribution < -0.4 is 4.74 Å². The van der Waals surface area contributed by atoms with Crippen molar-refractivity contribution >= 4 is 11.6 Å². The summed E-state index contributed by atoms with van der Waals surface area (Å²) in [6.45, 7) is -0.596. The Kier molecular flexibility index (Phi) is 6.35. The lowest BCUT2D eigenvalue weighted by atomic mass is 9.96. The highest BCUT2D eigenvalue weighted by atomic mass is 35.5. The first-order chi connectivity index (χ1) is 15.3. The van der Waals surface area contributed by atoms with Crippen LogP contribution >= 0.6 is 11.6 Å². The highest BCUT2D eigenvalue weighted by Gasteiger charge is 2.47. The van der Waals surface area contributed by atoms with Crippen LogP contribution in [-0.2, 0) is 4.74 Å². The highest BCUT2D eigenvalue weighted by molar-refractivity contribution is 6.30. The van der Waals surface area contributed by atoms with Crippen molar-refractivity contribution in [2.24, 2.45) is 0 Å². The predicted molar refractivity (Wildman–Crippen MR) is 104 cm³/mol. The van der Waals surface area contributed by atoms with E-state index in [1.807, 2.05) is 0 Å². The van der Waals surface area contributed by atoms with Gasteiger partial charge >= 0.3 is 0 Å². The number of ether oxygens (including phenoxy) is 2. The molecule has 170 valence electrons. The minimum Gasteiger partial charge on any atom is -0.462 e. The molecule has 0 saturated carbocycles. The van der Waals surface area contributed by atoms with Crippen molar-refractivity contribution in [1.29, 1.82) is 0 Å². The first-order valence-corrected chi connectivity index (χ1v) is 9.77. The van der Waals surface area contributed by atoms with Crippen molar-refractivity contribution in [3.8, 4) is 17.0 Å². The number of halogens is 4. The van der Waals surface area contributed by atoms with E-state index in [-0.39, 0.29) is 11.3 Å². The number of benzene rings is 2. The minimum absolute atomic E-state index is 0.0376. The Morgan fingerprint density at radius 3 is 2.34 bits per heavy atom. The molecule has 4 rings (SSSR count). The number of rotatable bonds is 5. The summed E-state index contributed by atoms with van der Waals surface area (Å²) in [5.41, 5.74) is -0.138. The van der Waals surface area contributed by atoms with Gasteiger partial charge in [0, 0.05) is 10.6 Å². The van der Waals surface area contributed by atoms with Crippen LogP contribution in [0.1, 0.15) is 6.04 Å². The van der Waals surface area contributed by atoms with Gasteiger partial charge in [-0.15, -0.1) is 5.10 Å². The molecule has 0 bridgehead atoms. The van der Waals surface area contributed by atoms with E-state index in [4.69, 9.17) is 21.1 Å². The van der Waals surface area contributed by atoms with Gasteiger partial charge in [-0.3, -0.25) is 0 Å². The zero-order chi connectivity index (χ0) is 23.0. The lowest BCUT2D eigenvalue weighted by Crippen LogP contribution is -2.57. The van der Waals surface area contributed by atoms with E-state index in [2.05, 4.69) is 10.3 Å². The van der Waals surface area contributed by atoms with Crippen LogP contribution in [0.3, 0.4) is 0 Å². The fourth-order valence-corrected chi connectivity index (χ4v) is 3.51. The van der Waals surface area contributed by atoms with Crippen LogP contribution in [0.15, 0.2) is 42.6 Å². The van der Waals surface area contributed by atoms with Crippen molar-refractivity contribution in [1.82, 2.24) is 15.0 Å². The number of aromatic nitrogens is 3. The summed E-state index contributed by atoms with van der Waals surface area (Å²) in [6, 6.07) is 6.49. The molecule has 8 nitrogen and oxygen atoms in total. The van der Waals surface area contributed by atoms with Crippen molar-refractivity contribution in [3.63, 3.8) is 0 Å². The van der Waals surface area contributed by atoms with Crippen LogP contribution in [0.25, 0.3) is 11.3 Å². The first kappa shape index (κ1) is 22.5. The smallest absolute Gasteiger partial charge is 0.228 e. The molecule has 0 spiro atoms. The van der Waals surface area contributed by atoms with Crippen LogP contribution in [0.4, 0.5) is 13.2 Å². The van der Waals surface area contributed by atoms with Gasteiger partial charge in [0.05, 0.1) is 12.8 Å². The van der Waals surface area contributed by atoms with Gasteiger partial charge in [0.1, 0.15) is 35.8 Å². The number of aliphatic hydroxyl groups excluding tert-OH is 3. The van der Waals surface area contributed by atoms with Crippen molar-refractivity contribution in [2.45, 2.75) is 30.6 Å². The molecule has 1 aromatic heterocycles. The van der Waals surface area contributed by atoms with E-state index in [9.17, 15) is 28.5 Å². The monoisotopic (exact) mass is 471 g/mol. The molecule has 1 aliphatic rings. The van der Waals surface area contributed by atoms with Gasteiger partial charge in [-0.2, -0.15) is 0 Å². The Labute approximate surface area is 184 Å².